The van der Waals surface area contributed by atoms with E-state index in [1.807, 2.05) is 73.7 Å². The number of aryl methyl sites for hydroxylation is 1. The Labute approximate surface area is 289 Å². The number of hydrogen-bond acceptors (Lipinski definition) is 8. The fourth-order valence-corrected chi connectivity index (χ4v) is 6.58. The third kappa shape index (κ3) is 5.90. The summed E-state index contributed by atoms with van der Waals surface area (Å²) in [4.78, 5) is 31.6. The molecule has 2 N–H and O–H groups in total. The van der Waals surface area contributed by atoms with E-state index in [2.05, 4.69) is 10.3 Å². The number of carbonyl (C=O) groups excluding carboxylic acids is 2. The summed E-state index contributed by atoms with van der Waals surface area (Å²) in [6.45, 7) is 2.54. The fraction of sp³-hybridized carbons (Fsp3) is 0.231. The molecule has 2 atom stereocenters. The zero-order chi connectivity index (χ0) is 34.8. The summed E-state index contributed by atoms with van der Waals surface area (Å²) in [5, 5.41) is 29.5. The first-order valence-corrected chi connectivity index (χ1v) is 16.5. The van der Waals surface area contributed by atoms with Crippen LogP contribution in [0.1, 0.15) is 40.5 Å². The normalized spacial score (nSPS) is 17.3. The van der Waals surface area contributed by atoms with Crippen molar-refractivity contribution in [3.8, 4) is 17.2 Å². The lowest BCUT2D eigenvalue weighted by atomic mass is 9.83. The van der Waals surface area contributed by atoms with Gasteiger partial charge in [-0.1, -0.05) is 60.7 Å². The van der Waals surface area contributed by atoms with Gasteiger partial charge in [-0.2, -0.15) is 0 Å². The Morgan fingerprint density at radius 1 is 0.960 bits per heavy atom. The summed E-state index contributed by atoms with van der Waals surface area (Å²) in [7, 11) is 1.55. The van der Waals surface area contributed by atoms with E-state index in [-0.39, 0.29) is 19.1 Å². The standard InChI is InChI=1S/C39H37N5O6/c1-26(10-7-8-20-42-25-28(19-21-45)40-41-42)39(48)32-23-30(49-2)17-18-33(32)43(38(39)47)24-27-11-9-12-29(22-27)44-34-14-4-6-16-36(34)50-35-15-5-3-13-31(35)37(44)46/h3-7,9-18,22-23,25-26,45,48H,8,19-21,24H2,1-2H3/b10-7+/t26-,39+/m0/s1. The van der Waals surface area contributed by atoms with Crippen LogP contribution in [0.25, 0.3) is 0 Å². The Balaban J connectivity index is 1.17. The zero-order valence-electron chi connectivity index (χ0n) is 27.8. The monoisotopic (exact) mass is 671 g/mol. The Morgan fingerprint density at radius 2 is 1.76 bits per heavy atom. The van der Waals surface area contributed by atoms with E-state index in [1.165, 1.54) is 0 Å². The number of benzene rings is 4. The molecule has 7 rings (SSSR count). The van der Waals surface area contributed by atoms with E-state index in [4.69, 9.17) is 14.6 Å². The second-order valence-electron chi connectivity index (χ2n) is 12.4. The molecule has 50 heavy (non-hydrogen) atoms. The topological polar surface area (TPSA) is 130 Å². The van der Waals surface area contributed by atoms with Gasteiger partial charge >= 0.3 is 0 Å². The second-order valence-corrected chi connectivity index (χ2v) is 12.4. The van der Waals surface area contributed by atoms with Gasteiger partial charge in [0, 0.05) is 42.9 Å². The maximum absolute atomic E-state index is 14.3. The molecular formula is C39H37N5O6. The van der Waals surface area contributed by atoms with Gasteiger partial charge in [0.05, 0.1) is 36.3 Å². The molecule has 0 saturated carbocycles. The van der Waals surface area contributed by atoms with Crippen molar-refractivity contribution in [2.45, 2.75) is 38.5 Å². The number of para-hydroxylation sites is 3. The number of aromatic nitrogens is 3. The highest BCUT2D eigenvalue weighted by molar-refractivity contribution is 6.14. The van der Waals surface area contributed by atoms with Gasteiger partial charge in [-0.3, -0.25) is 19.2 Å². The number of anilines is 3. The molecule has 0 aliphatic carbocycles. The van der Waals surface area contributed by atoms with Gasteiger partial charge in [0.25, 0.3) is 11.8 Å². The molecule has 11 nitrogen and oxygen atoms in total. The van der Waals surface area contributed by atoms with Crippen LogP contribution in [0.4, 0.5) is 17.1 Å². The quantitative estimate of drug-likeness (QED) is 0.166. The molecule has 3 heterocycles. The largest absolute Gasteiger partial charge is 0.497 e. The van der Waals surface area contributed by atoms with Crippen LogP contribution in [0.15, 0.2) is 109 Å². The van der Waals surface area contributed by atoms with Gasteiger partial charge in [0.15, 0.2) is 11.4 Å². The van der Waals surface area contributed by atoms with Gasteiger partial charge in [-0.05, 0) is 66.6 Å². The number of hydrogen-bond donors (Lipinski definition) is 2. The van der Waals surface area contributed by atoms with Crippen LogP contribution in [-0.2, 0) is 29.9 Å². The van der Waals surface area contributed by atoms with Crippen LogP contribution in [0.2, 0.25) is 0 Å². The molecule has 0 fully saturated rings. The van der Waals surface area contributed by atoms with E-state index >= 15 is 0 Å². The number of allylic oxidation sites excluding steroid dienone is 1. The molecule has 2 amide bonds. The average Bonchev–Trinajstić information content (AvgIpc) is 3.63. The average molecular weight is 672 g/mol. The van der Waals surface area contributed by atoms with Crippen LogP contribution in [0, 0.1) is 5.92 Å². The lowest BCUT2D eigenvalue weighted by Crippen LogP contribution is -2.44. The van der Waals surface area contributed by atoms with Crippen LogP contribution < -0.4 is 19.3 Å². The molecule has 254 valence electrons. The van der Waals surface area contributed by atoms with Crippen LogP contribution in [-0.4, -0.2) is 50.7 Å². The summed E-state index contributed by atoms with van der Waals surface area (Å²) in [6, 6.07) is 27.3. The number of fused-ring (bicyclic) bond motifs is 3. The van der Waals surface area contributed by atoms with Crippen molar-refractivity contribution in [2.24, 2.45) is 5.92 Å². The Morgan fingerprint density at radius 3 is 2.58 bits per heavy atom. The third-order valence-electron chi connectivity index (χ3n) is 9.20. The molecule has 0 saturated heterocycles. The van der Waals surface area contributed by atoms with E-state index in [0.29, 0.717) is 70.5 Å². The Bertz CT molecular complexity index is 2090. The van der Waals surface area contributed by atoms with Crippen molar-refractivity contribution < 1.29 is 29.3 Å². The third-order valence-corrected chi connectivity index (χ3v) is 9.20. The predicted molar refractivity (Wildman–Crippen MR) is 188 cm³/mol. The molecule has 2 aliphatic rings. The minimum Gasteiger partial charge on any atom is -0.497 e. The molecule has 0 unspecified atom stereocenters. The molecular weight excluding hydrogens is 634 g/mol. The lowest BCUT2D eigenvalue weighted by molar-refractivity contribution is -0.139. The van der Waals surface area contributed by atoms with Gasteiger partial charge < -0.3 is 24.6 Å². The van der Waals surface area contributed by atoms with E-state index in [1.54, 1.807) is 64.2 Å². The zero-order valence-corrected chi connectivity index (χ0v) is 27.8. The van der Waals surface area contributed by atoms with Crippen LogP contribution >= 0.6 is 0 Å². The van der Waals surface area contributed by atoms with Crippen molar-refractivity contribution in [3.63, 3.8) is 0 Å². The number of aliphatic hydroxyl groups excluding tert-OH is 1. The summed E-state index contributed by atoms with van der Waals surface area (Å²) in [6.07, 6.45) is 6.61. The van der Waals surface area contributed by atoms with Gasteiger partial charge in [-0.15, -0.1) is 5.10 Å². The maximum atomic E-state index is 14.3. The van der Waals surface area contributed by atoms with Crippen LogP contribution in [0.5, 0.6) is 17.2 Å². The van der Waals surface area contributed by atoms with Crippen molar-refractivity contribution in [1.82, 2.24) is 15.0 Å². The first kappa shape index (κ1) is 32.8. The van der Waals surface area contributed by atoms with Crippen molar-refractivity contribution in [3.05, 3.63) is 132 Å². The molecule has 11 heteroatoms. The number of rotatable bonds is 11. The van der Waals surface area contributed by atoms with Crippen molar-refractivity contribution in [1.29, 1.82) is 0 Å². The van der Waals surface area contributed by atoms with E-state index < -0.39 is 17.4 Å². The van der Waals surface area contributed by atoms with E-state index in [0.717, 1.165) is 5.56 Å². The number of nitrogens with zero attached hydrogens (tertiary/aromatic N) is 5. The first-order valence-electron chi connectivity index (χ1n) is 16.5. The van der Waals surface area contributed by atoms with Crippen molar-refractivity contribution >= 4 is 28.9 Å². The summed E-state index contributed by atoms with van der Waals surface area (Å²) < 4.78 is 13.4. The molecule has 4 aromatic carbocycles. The van der Waals surface area contributed by atoms with Gasteiger partial charge in [-0.25, -0.2) is 0 Å². The summed E-state index contributed by atoms with van der Waals surface area (Å²) >= 11 is 0. The Kier molecular flexibility index (Phi) is 8.92. The summed E-state index contributed by atoms with van der Waals surface area (Å²) in [5.74, 6) is 0.290. The lowest BCUT2D eigenvalue weighted by Gasteiger charge is -2.28. The number of amides is 2. The minimum absolute atomic E-state index is 0.00846. The summed E-state index contributed by atoms with van der Waals surface area (Å²) in [5.41, 5.74) is 2.34. The minimum atomic E-state index is -1.85. The number of aliphatic hydroxyl groups is 2. The number of carbonyl (C=O) groups is 2. The SMILES string of the molecule is COc1ccc2c(c1)[C@](O)([C@@H](C)/C=C/CCn1cc(CCO)nn1)C(=O)N2Cc1cccc(N2C(=O)c3ccccc3Oc3ccccc32)c1. The molecule has 0 bridgehead atoms. The predicted octanol–water partition coefficient (Wildman–Crippen LogP) is 5.92. The molecule has 0 radical (unpaired) electrons. The smallest absolute Gasteiger partial charge is 0.266 e. The fourth-order valence-electron chi connectivity index (χ4n) is 6.58. The Hall–Kier alpha value is -5.78. The highest BCUT2D eigenvalue weighted by Gasteiger charge is 2.52. The van der Waals surface area contributed by atoms with Gasteiger partial charge in [0.1, 0.15) is 11.5 Å². The van der Waals surface area contributed by atoms with Crippen LogP contribution in [0.3, 0.4) is 0 Å². The van der Waals surface area contributed by atoms with Gasteiger partial charge in [0.2, 0.25) is 0 Å². The molecule has 1 aromatic heterocycles. The second kappa shape index (κ2) is 13.6. The molecule has 5 aromatic rings. The first-order chi connectivity index (χ1) is 24.3. The molecule has 0 spiro atoms. The van der Waals surface area contributed by atoms with Crippen molar-refractivity contribution in [2.75, 3.05) is 23.5 Å². The molecule has 2 aliphatic heterocycles. The number of ether oxygens (including phenoxy) is 2. The van der Waals surface area contributed by atoms with E-state index in [9.17, 15) is 14.7 Å². The number of methoxy groups -OCH3 is 1. The maximum Gasteiger partial charge on any atom is 0.266 e. The highest BCUT2D eigenvalue weighted by atomic mass is 16.5. The highest BCUT2D eigenvalue weighted by Crippen LogP contribution is 2.48.